The van der Waals surface area contributed by atoms with Crippen molar-refractivity contribution in [3.63, 3.8) is 0 Å². The molecule has 3 rings (SSSR count). The van der Waals surface area contributed by atoms with Crippen LogP contribution < -0.4 is 0 Å². The van der Waals surface area contributed by atoms with E-state index in [0.29, 0.717) is 5.69 Å². The van der Waals surface area contributed by atoms with E-state index in [1.54, 1.807) is 28.4 Å². The van der Waals surface area contributed by atoms with Crippen molar-refractivity contribution in [2.45, 2.75) is 39.5 Å². The minimum absolute atomic E-state index is 0.276. The van der Waals surface area contributed by atoms with Crippen molar-refractivity contribution in [1.82, 2.24) is 14.4 Å². The molecule has 134 valence electrons. The highest BCUT2D eigenvalue weighted by Crippen LogP contribution is 2.26. The Bertz CT molecular complexity index is 753. The van der Waals surface area contributed by atoms with Crippen molar-refractivity contribution in [2.75, 3.05) is 0 Å². The quantitative estimate of drug-likeness (QED) is 0.560. The van der Waals surface area contributed by atoms with Crippen LogP contribution in [-0.2, 0) is 0 Å². The van der Waals surface area contributed by atoms with Crippen molar-refractivity contribution in [1.29, 1.82) is 0 Å². The molecular formula is C19H23F2N3S. The highest BCUT2D eigenvalue weighted by Gasteiger charge is 2.12. The third-order valence-electron chi connectivity index (χ3n) is 2.98. The van der Waals surface area contributed by atoms with Gasteiger partial charge in [0.2, 0.25) is 0 Å². The molecule has 0 aliphatic heterocycles. The fourth-order valence-corrected chi connectivity index (χ4v) is 2.63. The Balaban J connectivity index is 0.000000730. The summed E-state index contributed by atoms with van der Waals surface area (Å²) in [5, 5.41) is 8.20. The molecule has 1 heterocycles. The van der Waals surface area contributed by atoms with Crippen molar-refractivity contribution < 1.29 is 8.78 Å². The highest BCUT2D eigenvalue weighted by molar-refractivity contribution is 7.97. The molecule has 0 saturated carbocycles. The summed E-state index contributed by atoms with van der Waals surface area (Å²) in [5.41, 5.74) is 2.35. The molecule has 0 radical (unpaired) electrons. The lowest BCUT2D eigenvalue weighted by atomic mass is 10.1. The maximum atomic E-state index is 13.0. The number of nitrogens with zero attached hydrogens (tertiary/aromatic N) is 3. The number of rotatable bonds is 3. The van der Waals surface area contributed by atoms with Crippen LogP contribution in [0.15, 0.2) is 53.4 Å². The van der Waals surface area contributed by atoms with Gasteiger partial charge in [0, 0.05) is 22.4 Å². The van der Waals surface area contributed by atoms with Gasteiger partial charge < -0.3 is 0 Å². The largest absolute Gasteiger partial charge is 0.207 e. The Morgan fingerprint density at radius 3 is 1.80 bits per heavy atom. The standard InChI is InChI=1S/C15H11F2N3S.2C2H6/c1-10-15(11-2-4-12(16)5-3-11)18-19-20(10)21-14-8-6-13(17)7-9-14;2*1-2/h2-9H,1H3;2*1-2H3. The maximum absolute atomic E-state index is 13.0. The van der Waals surface area contributed by atoms with E-state index in [9.17, 15) is 8.78 Å². The van der Waals surface area contributed by atoms with Crippen LogP contribution in [0.25, 0.3) is 11.3 Å². The van der Waals surface area contributed by atoms with E-state index in [4.69, 9.17) is 0 Å². The smallest absolute Gasteiger partial charge is 0.123 e. The summed E-state index contributed by atoms with van der Waals surface area (Å²) in [5.74, 6) is -0.564. The Morgan fingerprint density at radius 2 is 1.28 bits per heavy atom. The minimum Gasteiger partial charge on any atom is -0.207 e. The summed E-state index contributed by atoms with van der Waals surface area (Å²) in [6, 6.07) is 12.3. The first-order valence-electron chi connectivity index (χ1n) is 8.25. The molecule has 3 aromatic rings. The summed E-state index contributed by atoms with van der Waals surface area (Å²) in [6.45, 7) is 9.88. The molecule has 6 heteroatoms. The van der Waals surface area contributed by atoms with Crippen molar-refractivity contribution >= 4 is 11.9 Å². The average molecular weight is 363 g/mol. The molecule has 0 saturated heterocycles. The Kier molecular flexibility index (Phi) is 8.84. The minimum atomic E-state index is -0.288. The van der Waals surface area contributed by atoms with Gasteiger partial charge in [0.15, 0.2) is 0 Å². The normalized spacial score (nSPS) is 9.56. The molecule has 0 unspecified atom stereocenters. The molecule has 0 atom stereocenters. The summed E-state index contributed by atoms with van der Waals surface area (Å²) >= 11 is 1.34. The molecule has 0 N–H and O–H groups in total. The van der Waals surface area contributed by atoms with Crippen LogP contribution in [0.3, 0.4) is 0 Å². The third-order valence-corrected chi connectivity index (χ3v) is 3.98. The van der Waals surface area contributed by atoms with Crippen LogP contribution in [0.5, 0.6) is 0 Å². The van der Waals surface area contributed by atoms with Gasteiger partial charge in [-0.2, -0.15) is 4.09 Å². The van der Waals surface area contributed by atoms with Crippen LogP contribution in [0, 0.1) is 18.6 Å². The molecule has 0 aliphatic carbocycles. The van der Waals surface area contributed by atoms with Crippen LogP contribution in [0.4, 0.5) is 8.78 Å². The summed E-state index contributed by atoms with van der Waals surface area (Å²) < 4.78 is 27.5. The van der Waals surface area contributed by atoms with E-state index in [1.165, 1.54) is 36.2 Å². The molecule has 0 amide bonds. The fourth-order valence-electron chi connectivity index (χ4n) is 1.87. The molecule has 0 fully saturated rings. The first-order valence-corrected chi connectivity index (χ1v) is 9.03. The van der Waals surface area contributed by atoms with Gasteiger partial charge in [0.1, 0.15) is 17.3 Å². The first-order chi connectivity index (χ1) is 12.1. The van der Waals surface area contributed by atoms with E-state index < -0.39 is 0 Å². The van der Waals surface area contributed by atoms with Crippen LogP contribution >= 0.6 is 11.9 Å². The van der Waals surface area contributed by atoms with Gasteiger partial charge in [-0.25, -0.2) is 8.78 Å². The number of hydrogen-bond acceptors (Lipinski definition) is 3. The molecule has 25 heavy (non-hydrogen) atoms. The third kappa shape index (κ3) is 5.67. The van der Waals surface area contributed by atoms with Crippen molar-refractivity contribution in [3.8, 4) is 11.3 Å². The number of benzene rings is 2. The molecule has 1 aromatic heterocycles. The van der Waals surface area contributed by atoms with Gasteiger partial charge in [0.05, 0.1) is 5.69 Å². The van der Waals surface area contributed by atoms with E-state index >= 15 is 0 Å². The Hall–Kier alpha value is -2.21. The summed E-state index contributed by atoms with van der Waals surface area (Å²) in [4.78, 5) is 0.857. The van der Waals surface area contributed by atoms with Gasteiger partial charge >= 0.3 is 0 Å². The van der Waals surface area contributed by atoms with Crippen LogP contribution in [0.1, 0.15) is 33.4 Å². The molecule has 3 nitrogen and oxygen atoms in total. The second-order valence-corrected chi connectivity index (χ2v) is 5.45. The highest BCUT2D eigenvalue weighted by atomic mass is 32.2. The summed E-state index contributed by atoms with van der Waals surface area (Å²) in [7, 11) is 0. The summed E-state index contributed by atoms with van der Waals surface area (Å²) in [6.07, 6.45) is 0. The SMILES string of the molecule is CC.CC.Cc1c(-c2ccc(F)cc2)nnn1Sc1ccc(F)cc1. The molecule has 0 aliphatic rings. The van der Waals surface area contributed by atoms with E-state index in [-0.39, 0.29) is 11.6 Å². The van der Waals surface area contributed by atoms with Gasteiger partial charge in [0.25, 0.3) is 0 Å². The molecule has 0 bridgehead atoms. The van der Waals surface area contributed by atoms with Crippen molar-refractivity contribution in [3.05, 3.63) is 65.9 Å². The van der Waals surface area contributed by atoms with Gasteiger partial charge in [-0.15, -0.1) is 5.10 Å². The molecule has 0 spiro atoms. The molecule has 2 aromatic carbocycles. The van der Waals surface area contributed by atoms with Crippen molar-refractivity contribution in [2.24, 2.45) is 0 Å². The zero-order valence-corrected chi connectivity index (χ0v) is 15.9. The van der Waals surface area contributed by atoms with E-state index in [0.717, 1.165) is 16.2 Å². The number of halogens is 2. The predicted molar refractivity (Wildman–Crippen MR) is 101 cm³/mol. The lowest BCUT2D eigenvalue weighted by Crippen LogP contribution is -1.92. The zero-order valence-electron chi connectivity index (χ0n) is 15.1. The van der Waals surface area contributed by atoms with E-state index in [2.05, 4.69) is 10.3 Å². The van der Waals surface area contributed by atoms with Gasteiger partial charge in [-0.3, -0.25) is 0 Å². The second kappa shape index (κ2) is 10.6. The Labute approximate surface area is 152 Å². The first kappa shape index (κ1) is 20.8. The lowest BCUT2D eigenvalue weighted by Gasteiger charge is -2.03. The average Bonchev–Trinajstić information content (AvgIpc) is 3.02. The fraction of sp³-hybridized carbons (Fsp3) is 0.263. The number of aromatic nitrogens is 3. The zero-order chi connectivity index (χ0) is 18.8. The van der Waals surface area contributed by atoms with Crippen LogP contribution in [0.2, 0.25) is 0 Å². The predicted octanol–water partition coefficient (Wildman–Crippen LogP) is 6.14. The Morgan fingerprint density at radius 1 is 0.800 bits per heavy atom. The lowest BCUT2D eigenvalue weighted by molar-refractivity contribution is 0.626. The monoisotopic (exact) mass is 363 g/mol. The van der Waals surface area contributed by atoms with Crippen LogP contribution in [-0.4, -0.2) is 14.4 Å². The topological polar surface area (TPSA) is 30.7 Å². The molecular weight excluding hydrogens is 340 g/mol. The van der Waals surface area contributed by atoms with Gasteiger partial charge in [-0.05, 0) is 55.5 Å². The second-order valence-electron chi connectivity index (χ2n) is 4.45. The maximum Gasteiger partial charge on any atom is 0.123 e. The van der Waals surface area contributed by atoms with Gasteiger partial charge in [-0.1, -0.05) is 32.9 Å². The number of hydrogen-bond donors (Lipinski definition) is 0. The van der Waals surface area contributed by atoms with E-state index in [1.807, 2.05) is 34.6 Å².